The summed E-state index contributed by atoms with van der Waals surface area (Å²) in [4.78, 5) is 37.1. The van der Waals surface area contributed by atoms with E-state index in [1.165, 1.54) is 10.4 Å². The lowest BCUT2D eigenvalue weighted by Gasteiger charge is -2.24. The van der Waals surface area contributed by atoms with Crippen LogP contribution < -0.4 is 5.56 Å². The highest BCUT2D eigenvalue weighted by Crippen LogP contribution is 2.54. The molecule has 0 bridgehead atoms. The summed E-state index contributed by atoms with van der Waals surface area (Å²) >= 11 is 7.77. The van der Waals surface area contributed by atoms with Gasteiger partial charge in [-0.05, 0) is 66.3 Å². The van der Waals surface area contributed by atoms with Crippen LogP contribution in [0.1, 0.15) is 78.2 Å². The topological polar surface area (TPSA) is 86.3 Å². The fourth-order valence-electron chi connectivity index (χ4n) is 4.66. The minimum absolute atomic E-state index is 0.137. The Balaban J connectivity index is 1.42. The van der Waals surface area contributed by atoms with Gasteiger partial charge in [-0.2, -0.15) is 0 Å². The summed E-state index contributed by atoms with van der Waals surface area (Å²) in [5, 5.41) is 13.3. The first-order valence-corrected chi connectivity index (χ1v) is 13.0. The average Bonchev–Trinajstić information content (AvgIpc) is 3.52. The molecule has 1 saturated carbocycles. The lowest BCUT2D eigenvalue weighted by Crippen LogP contribution is -2.36. The van der Waals surface area contributed by atoms with Crippen LogP contribution in [0.2, 0.25) is 5.02 Å². The number of nitrogens with zero attached hydrogens (tertiary/aromatic N) is 2. The third-order valence-electron chi connectivity index (χ3n) is 6.96. The molecule has 2 N–H and O–H groups in total. The standard InChI is InChI=1S/C26H28ClN3O3S/c1-15(2)17-12-21(34-14-17)26(8-9-26)25-28-20-7-4-10-30(13-19(20)23(32)29-25)24(33)22(31)16-5-3-6-18(27)11-16/h3,5-6,11-12,14-15,22,31H,4,7-10,13H2,1-2H3,(H,28,29,32). The van der Waals surface area contributed by atoms with Crippen molar-refractivity contribution in [3.05, 3.63) is 84.2 Å². The lowest BCUT2D eigenvalue weighted by molar-refractivity contribution is -0.141. The van der Waals surface area contributed by atoms with Gasteiger partial charge in [0, 0.05) is 16.4 Å². The molecule has 1 unspecified atom stereocenters. The van der Waals surface area contributed by atoms with Gasteiger partial charge < -0.3 is 15.0 Å². The maximum atomic E-state index is 13.2. The summed E-state index contributed by atoms with van der Waals surface area (Å²) in [6, 6.07) is 8.91. The third kappa shape index (κ3) is 4.21. The summed E-state index contributed by atoms with van der Waals surface area (Å²) in [7, 11) is 0. The van der Waals surface area contributed by atoms with Gasteiger partial charge in [0.1, 0.15) is 5.82 Å². The largest absolute Gasteiger partial charge is 0.378 e. The maximum absolute atomic E-state index is 13.2. The van der Waals surface area contributed by atoms with Crippen LogP contribution in [0.5, 0.6) is 0 Å². The van der Waals surface area contributed by atoms with E-state index in [1.807, 2.05) is 0 Å². The van der Waals surface area contributed by atoms with E-state index in [9.17, 15) is 14.7 Å². The molecule has 1 aliphatic heterocycles. The van der Waals surface area contributed by atoms with Gasteiger partial charge in [-0.1, -0.05) is 37.6 Å². The first-order valence-electron chi connectivity index (χ1n) is 11.7. The van der Waals surface area contributed by atoms with Crippen LogP contribution in [0, 0.1) is 0 Å². The molecule has 178 valence electrons. The Morgan fingerprint density at radius 3 is 2.74 bits per heavy atom. The summed E-state index contributed by atoms with van der Waals surface area (Å²) in [5.41, 5.74) is 2.64. The van der Waals surface area contributed by atoms with Gasteiger partial charge >= 0.3 is 0 Å². The molecule has 8 heteroatoms. The number of carbonyl (C=O) groups excluding carboxylic acids is 1. The number of fused-ring (bicyclic) bond motifs is 1. The first kappa shape index (κ1) is 23.3. The molecule has 1 aromatic carbocycles. The number of benzene rings is 1. The summed E-state index contributed by atoms with van der Waals surface area (Å²) in [6.45, 7) is 4.96. The number of aromatic amines is 1. The summed E-state index contributed by atoms with van der Waals surface area (Å²) in [6.07, 6.45) is 1.93. The van der Waals surface area contributed by atoms with Crippen LogP contribution in [0.25, 0.3) is 0 Å². The van der Waals surface area contributed by atoms with Gasteiger partial charge in [0.2, 0.25) is 0 Å². The molecular weight excluding hydrogens is 470 g/mol. The van der Waals surface area contributed by atoms with Gasteiger partial charge in [0.15, 0.2) is 6.10 Å². The van der Waals surface area contributed by atoms with Crippen molar-refractivity contribution in [2.24, 2.45) is 0 Å². The Bertz CT molecular complexity index is 1290. The van der Waals surface area contributed by atoms with Gasteiger partial charge in [-0.25, -0.2) is 4.98 Å². The van der Waals surface area contributed by atoms with E-state index < -0.39 is 12.0 Å². The molecule has 2 aliphatic rings. The highest BCUT2D eigenvalue weighted by molar-refractivity contribution is 7.10. The molecular formula is C26H28ClN3O3S. The van der Waals surface area contributed by atoms with E-state index in [-0.39, 0.29) is 17.5 Å². The van der Waals surface area contributed by atoms with Gasteiger partial charge in [0.25, 0.3) is 11.5 Å². The first-order chi connectivity index (χ1) is 16.3. The van der Waals surface area contributed by atoms with Crippen LogP contribution in [-0.4, -0.2) is 32.4 Å². The smallest absolute Gasteiger partial charge is 0.256 e. The van der Waals surface area contributed by atoms with Crippen LogP contribution in [0.15, 0.2) is 40.5 Å². The van der Waals surface area contributed by atoms with Crippen molar-refractivity contribution in [2.45, 2.75) is 63.5 Å². The quantitative estimate of drug-likeness (QED) is 0.535. The molecule has 0 saturated heterocycles. The molecule has 2 aromatic heterocycles. The number of rotatable bonds is 5. The number of halogens is 1. The molecule has 34 heavy (non-hydrogen) atoms. The molecule has 0 radical (unpaired) electrons. The zero-order valence-electron chi connectivity index (χ0n) is 19.3. The van der Waals surface area contributed by atoms with Crippen LogP contribution in [-0.2, 0) is 23.2 Å². The fraction of sp³-hybridized carbons (Fsp3) is 0.423. The highest BCUT2D eigenvalue weighted by atomic mass is 35.5. The zero-order valence-corrected chi connectivity index (χ0v) is 20.9. The van der Waals surface area contributed by atoms with Gasteiger partial charge in [-0.3, -0.25) is 9.59 Å². The Kier molecular flexibility index (Phi) is 6.12. The van der Waals surface area contributed by atoms with Crippen molar-refractivity contribution >= 4 is 28.8 Å². The normalized spacial score (nSPS) is 17.9. The molecule has 5 rings (SSSR count). The SMILES string of the molecule is CC(C)c1csc(C2(c3nc4c(c(=O)[nH]3)CN(C(=O)C(O)c3cccc(Cl)c3)CCC4)CC2)c1. The number of aromatic nitrogens is 2. The number of aliphatic hydroxyl groups is 1. The number of nitrogens with one attached hydrogen (secondary N) is 1. The molecule has 3 heterocycles. The second-order valence-corrected chi connectivity index (χ2v) is 11.0. The summed E-state index contributed by atoms with van der Waals surface area (Å²) < 4.78 is 0. The van der Waals surface area contributed by atoms with Gasteiger partial charge in [-0.15, -0.1) is 11.3 Å². The van der Waals surface area contributed by atoms with Crippen molar-refractivity contribution in [1.82, 2.24) is 14.9 Å². The maximum Gasteiger partial charge on any atom is 0.256 e. The van der Waals surface area contributed by atoms with E-state index >= 15 is 0 Å². The van der Waals surface area contributed by atoms with Crippen molar-refractivity contribution < 1.29 is 9.90 Å². The van der Waals surface area contributed by atoms with E-state index in [0.29, 0.717) is 41.5 Å². The molecule has 1 amide bonds. The Morgan fingerprint density at radius 2 is 2.06 bits per heavy atom. The molecule has 1 aliphatic carbocycles. The van der Waals surface area contributed by atoms with Crippen LogP contribution >= 0.6 is 22.9 Å². The molecule has 0 spiro atoms. The van der Waals surface area contributed by atoms with E-state index in [2.05, 4.69) is 30.3 Å². The summed E-state index contributed by atoms with van der Waals surface area (Å²) in [5.74, 6) is 0.773. The van der Waals surface area contributed by atoms with Crippen molar-refractivity contribution in [1.29, 1.82) is 0 Å². The number of carbonyl (C=O) groups is 1. The number of hydrogen-bond donors (Lipinski definition) is 2. The van der Waals surface area contributed by atoms with Crippen molar-refractivity contribution in [3.8, 4) is 0 Å². The van der Waals surface area contributed by atoms with E-state index in [4.69, 9.17) is 16.6 Å². The Labute approximate surface area is 207 Å². The van der Waals surface area contributed by atoms with E-state index in [0.717, 1.165) is 24.4 Å². The fourth-order valence-corrected chi connectivity index (χ4v) is 6.19. The second kappa shape index (κ2) is 8.95. The Hall–Kier alpha value is -2.48. The van der Waals surface area contributed by atoms with Crippen LogP contribution in [0.4, 0.5) is 0 Å². The van der Waals surface area contributed by atoms with Gasteiger partial charge in [0.05, 0.1) is 23.2 Å². The minimum atomic E-state index is -1.32. The predicted molar refractivity (Wildman–Crippen MR) is 133 cm³/mol. The monoisotopic (exact) mass is 497 g/mol. The zero-order chi connectivity index (χ0) is 24.0. The predicted octanol–water partition coefficient (Wildman–Crippen LogP) is 4.70. The number of hydrogen-bond acceptors (Lipinski definition) is 5. The minimum Gasteiger partial charge on any atom is -0.378 e. The molecule has 1 atom stereocenters. The number of thiophene rings is 1. The highest BCUT2D eigenvalue weighted by Gasteiger charge is 2.50. The Morgan fingerprint density at radius 1 is 1.26 bits per heavy atom. The molecule has 1 fully saturated rings. The number of H-pyrrole nitrogens is 1. The lowest BCUT2D eigenvalue weighted by atomic mass is 9.99. The third-order valence-corrected chi connectivity index (χ3v) is 8.35. The number of amides is 1. The number of aliphatic hydroxyl groups excluding tert-OH is 1. The van der Waals surface area contributed by atoms with E-state index in [1.54, 1.807) is 40.5 Å². The van der Waals surface area contributed by atoms with Crippen molar-refractivity contribution in [2.75, 3.05) is 6.54 Å². The van der Waals surface area contributed by atoms with Crippen molar-refractivity contribution in [3.63, 3.8) is 0 Å². The average molecular weight is 498 g/mol. The molecule has 6 nitrogen and oxygen atoms in total. The van der Waals surface area contributed by atoms with Crippen LogP contribution in [0.3, 0.4) is 0 Å². The molecule has 3 aromatic rings. The number of aryl methyl sites for hydroxylation is 1. The second-order valence-electron chi connectivity index (χ2n) is 9.64.